The molecule has 1 N–H and O–H groups in total. The Morgan fingerprint density at radius 2 is 2.22 bits per heavy atom. The van der Waals surface area contributed by atoms with E-state index in [4.69, 9.17) is 4.98 Å². The van der Waals surface area contributed by atoms with E-state index < -0.39 is 0 Å². The van der Waals surface area contributed by atoms with Gasteiger partial charge in [-0.15, -0.1) is 0 Å². The summed E-state index contributed by atoms with van der Waals surface area (Å²) >= 11 is 0. The molecule has 1 aliphatic heterocycles. The van der Waals surface area contributed by atoms with Gasteiger partial charge in [-0.2, -0.15) is 5.10 Å². The van der Waals surface area contributed by atoms with Crippen LogP contribution >= 0.6 is 0 Å². The van der Waals surface area contributed by atoms with Gasteiger partial charge in [0.15, 0.2) is 5.65 Å². The number of nitrogens with one attached hydrogen (secondary N) is 1. The highest BCUT2D eigenvalue weighted by Crippen LogP contribution is 2.29. The minimum absolute atomic E-state index is 0.0270. The summed E-state index contributed by atoms with van der Waals surface area (Å²) in [5.74, 6) is 2.13. The molecule has 2 aromatic heterocycles. The topological polar surface area (TPSA) is 75.9 Å². The summed E-state index contributed by atoms with van der Waals surface area (Å²) < 4.78 is 1.78. The Hall–Kier alpha value is -2.18. The van der Waals surface area contributed by atoms with E-state index in [-0.39, 0.29) is 17.7 Å². The Bertz CT molecular complexity index is 723. The molecule has 0 aliphatic carbocycles. The van der Waals surface area contributed by atoms with E-state index in [0.29, 0.717) is 13.1 Å². The number of fused-ring (bicyclic) bond motifs is 1. The molecule has 0 radical (unpaired) electrons. The Kier molecular flexibility index (Phi) is 4.19. The fourth-order valence-corrected chi connectivity index (χ4v) is 3.01. The van der Waals surface area contributed by atoms with Gasteiger partial charge in [0.25, 0.3) is 0 Å². The Morgan fingerprint density at radius 3 is 2.91 bits per heavy atom. The monoisotopic (exact) mass is 316 g/mol. The second kappa shape index (κ2) is 6.14. The van der Waals surface area contributed by atoms with Gasteiger partial charge in [0.1, 0.15) is 11.6 Å². The van der Waals surface area contributed by atoms with Gasteiger partial charge in [0, 0.05) is 32.6 Å². The minimum Gasteiger partial charge on any atom is -0.356 e. The molecule has 1 fully saturated rings. The second-order valence-electron chi connectivity index (χ2n) is 6.39. The van der Waals surface area contributed by atoms with Crippen LogP contribution in [0.5, 0.6) is 0 Å². The number of carbonyl (C=O) groups is 1. The Morgan fingerprint density at radius 1 is 1.43 bits per heavy atom. The lowest BCUT2D eigenvalue weighted by Crippen LogP contribution is -2.32. The molecule has 0 bridgehead atoms. The SMILES string of the molecule is CCNC(=O)[C@@H]1CCN(c2nc(C(C)C)nc3c2cnn3C)C1. The number of carbonyl (C=O) groups excluding carboxylic acids is 1. The van der Waals surface area contributed by atoms with Gasteiger partial charge in [0.05, 0.1) is 17.5 Å². The fourth-order valence-electron chi connectivity index (χ4n) is 3.01. The first-order chi connectivity index (χ1) is 11.0. The molecule has 7 nitrogen and oxygen atoms in total. The molecule has 0 aromatic carbocycles. The zero-order valence-electron chi connectivity index (χ0n) is 14.2. The van der Waals surface area contributed by atoms with Crippen LogP contribution < -0.4 is 10.2 Å². The van der Waals surface area contributed by atoms with Crippen molar-refractivity contribution in [2.75, 3.05) is 24.5 Å². The van der Waals surface area contributed by atoms with Crippen LogP contribution in [-0.4, -0.2) is 45.3 Å². The maximum absolute atomic E-state index is 12.1. The van der Waals surface area contributed by atoms with Crippen LogP contribution in [0.1, 0.15) is 38.9 Å². The van der Waals surface area contributed by atoms with E-state index in [9.17, 15) is 4.79 Å². The zero-order valence-corrected chi connectivity index (χ0v) is 14.2. The molecule has 0 spiro atoms. The van der Waals surface area contributed by atoms with Crippen LogP contribution in [0, 0.1) is 5.92 Å². The largest absolute Gasteiger partial charge is 0.356 e. The van der Waals surface area contributed by atoms with Crippen LogP contribution in [0.4, 0.5) is 5.82 Å². The zero-order chi connectivity index (χ0) is 16.6. The molecule has 3 heterocycles. The molecule has 23 heavy (non-hydrogen) atoms. The summed E-state index contributed by atoms with van der Waals surface area (Å²) in [7, 11) is 1.89. The third-order valence-corrected chi connectivity index (χ3v) is 4.32. The van der Waals surface area contributed by atoms with Crippen molar-refractivity contribution in [1.29, 1.82) is 0 Å². The molecule has 1 saturated heterocycles. The summed E-state index contributed by atoms with van der Waals surface area (Å²) in [5, 5.41) is 8.19. The highest BCUT2D eigenvalue weighted by molar-refractivity contribution is 5.88. The molecule has 0 unspecified atom stereocenters. The normalized spacial score (nSPS) is 18.1. The van der Waals surface area contributed by atoms with Crippen LogP contribution in [0.3, 0.4) is 0 Å². The summed E-state index contributed by atoms with van der Waals surface area (Å²) in [6, 6.07) is 0. The minimum atomic E-state index is 0.0270. The number of rotatable bonds is 4. The molecule has 7 heteroatoms. The first kappa shape index (κ1) is 15.7. The van der Waals surface area contributed by atoms with Crippen molar-refractivity contribution in [3.63, 3.8) is 0 Å². The van der Waals surface area contributed by atoms with E-state index in [2.05, 4.69) is 34.1 Å². The van der Waals surface area contributed by atoms with Crippen molar-refractivity contribution in [3.8, 4) is 0 Å². The number of aryl methyl sites for hydroxylation is 1. The number of hydrogen-bond acceptors (Lipinski definition) is 5. The van der Waals surface area contributed by atoms with Crippen LogP contribution in [0.2, 0.25) is 0 Å². The van der Waals surface area contributed by atoms with E-state index in [1.807, 2.05) is 20.2 Å². The quantitative estimate of drug-likeness (QED) is 0.924. The molecule has 3 rings (SSSR count). The molecule has 2 aromatic rings. The fraction of sp³-hybridized carbons (Fsp3) is 0.625. The highest BCUT2D eigenvalue weighted by atomic mass is 16.1. The Balaban J connectivity index is 1.95. The van der Waals surface area contributed by atoms with Gasteiger partial charge in [-0.3, -0.25) is 9.48 Å². The number of anilines is 1. The maximum Gasteiger partial charge on any atom is 0.224 e. The van der Waals surface area contributed by atoms with Crippen molar-refractivity contribution in [1.82, 2.24) is 25.1 Å². The lowest BCUT2D eigenvalue weighted by atomic mass is 10.1. The van der Waals surface area contributed by atoms with Crippen LogP contribution in [0.15, 0.2) is 6.20 Å². The van der Waals surface area contributed by atoms with Gasteiger partial charge < -0.3 is 10.2 Å². The molecule has 124 valence electrons. The smallest absolute Gasteiger partial charge is 0.224 e. The number of amides is 1. The average molecular weight is 316 g/mol. The van der Waals surface area contributed by atoms with Crippen molar-refractivity contribution in [3.05, 3.63) is 12.0 Å². The van der Waals surface area contributed by atoms with E-state index in [0.717, 1.165) is 35.6 Å². The highest BCUT2D eigenvalue weighted by Gasteiger charge is 2.30. The second-order valence-corrected chi connectivity index (χ2v) is 6.39. The first-order valence-electron chi connectivity index (χ1n) is 8.23. The molecule has 1 aliphatic rings. The van der Waals surface area contributed by atoms with E-state index >= 15 is 0 Å². The van der Waals surface area contributed by atoms with E-state index in [1.165, 1.54) is 0 Å². The number of aromatic nitrogens is 4. The summed E-state index contributed by atoms with van der Waals surface area (Å²) in [4.78, 5) is 23.7. The molecular formula is C16H24N6O. The molecular weight excluding hydrogens is 292 g/mol. The summed E-state index contributed by atoms with van der Waals surface area (Å²) in [6.45, 7) is 8.33. The molecule has 1 atom stereocenters. The lowest BCUT2D eigenvalue weighted by Gasteiger charge is -2.19. The first-order valence-corrected chi connectivity index (χ1v) is 8.23. The van der Waals surface area contributed by atoms with Crippen molar-refractivity contribution < 1.29 is 4.79 Å². The summed E-state index contributed by atoms with van der Waals surface area (Å²) in [5.41, 5.74) is 0.847. The molecule has 0 saturated carbocycles. The standard InChI is InChI=1S/C16H24N6O/c1-5-17-16(23)11-6-7-22(9-11)15-12-8-18-21(4)14(12)19-13(20-15)10(2)3/h8,10-11H,5-7,9H2,1-4H3,(H,17,23)/t11-/m1/s1. The van der Waals surface area contributed by atoms with Crippen molar-refractivity contribution in [2.24, 2.45) is 13.0 Å². The van der Waals surface area contributed by atoms with Crippen LogP contribution in [0.25, 0.3) is 11.0 Å². The van der Waals surface area contributed by atoms with Gasteiger partial charge in [0.2, 0.25) is 5.91 Å². The average Bonchev–Trinajstić information content (AvgIpc) is 3.14. The van der Waals surface area contributed by atoms with Gasteiger partial charge >= 0.3 is 0 Å². The van der Waals surface area contributed by atoms with Gasteiger partial charge in [-0.25, -0.2) is 9.97 Å². The van der Waals surface area contributed by atoms with Crippen molar-refractivity contribution >= 4 is 22.8 Å². The van der Waals surface area contributed by atoms with Gasteiger partial charge in [-0.05, 0) is 13.3 Å². The third kappa shape index (κ3) is 2.87. The maximum atomic E-state index is 12.1. The Labute approximate surface area is 136 Å². The lowest BCUT2D eigenvalue weighted by molar-refractivity contribution is -0.124. The predicted molar refractivity (Wildman–Crippen MR) is 89.4 cm³/mol. The van der Waals surface area contributed by atoms with Crippen LogP contribution in [-0.2, 0) is 11.8 Å². The predicted octanol–water partition coefficient (Wildman–Crippen LogP) is 1.45. The number of hydrogen-bond donors (Lipinski definition) is 1. The number of nitrogens with zero attached hydrogens (tertiary/aromatic N) is 5. The van der Waals surface area contributed by atoms with E-state index in [1.54, 1.807) is 4.68 Å². The van der Waals surface area contributed by atoms with Crippen molar-refractivity contribution in [2.45, 2.75) is 33.1 Å². The van der Waals surface area contributed by atoms with Gasteiger partial charge in [-0.1, -0.05) is 13.8 Å². The summed E-state index contributed by atoms with van der Waals surface area (Å²) in [6.07, 6.45) is 2.67. The molecule has 1 amide bonds. The third-order valence-electron chi connectivity index (χ3n) is 4.32.